The monoisotopic (exact) mass is 271 g/mol. The summed E-state index contributed by atoms with van der Waals surface area (Å²) in [7, 11) is 1.92. The third-order valence-electron chi connectivity index (χ3n) is 4.02. The van der Waals surface area contributed by atoms with Crippen LogP contribution in [0.5, 0.6) is 0 Å². The number of imidazole rings is 1. The van der Waals surface area contributed by atoms with Gasteiger partial charge in [0, 0.05) is 13.7 Å². The van der Waals surface area contributed by atoms with E-state index in [1.807, 2.05) is 11.6 Å². The van der Waals surface area contributed by atoms with Crippen LogP contribution in [-0.2, 0) is 13.6 Å². The van der Waals surface area contributed by atoms with Gasteiger partial charge in [-0.15, -0.1) is 0 Å². The van der Waals surface area contributed by atoms with E-state index in [9.17, 15) is 5.11 Å². The summed E-state index contributed by atoms with van der Waals surface area (Å²) in [5, 5.41) is 13.5. The summed E-state index contributed by atoms with van der Waals surface area (Å²) < 4.78 is 1.89. The van der Waals surface area contributed by atoms with Crippen LogP contribution >= 0.6 is 11.6 Å². The normalized spacial score (nSPS) is 24.4. The molecule has 18 heavy (non-hydrogen) atoms. The second-order valence-corrected chi connectivity index (χ2v) is 5.56. The van der Waals surface area contributed by atoms with Gasteiger partial charge in [-0.1, -0.05) is 24.4 Å². The number of nitrogens with one attached hydrogen (secondary N) is 1. The van der Waals surface area contributed by atoms with Crippen molar-refractivity contribution in [2.75, 3.05) is 13.2 Å². The Morgan fingerprint density at radius 2 is 2.17 bits per heavy atom. The van der Waals surface area contributed by atoms with Crippen LogP contribution in [0.4, 0.5) is 0 Å². The summed E-state index contributed by atoms with van der Waals surface area (Å²) >= 11 is 5.94. The van der Waals surface area contributed by atoms with E-state index in [1.165, 1.54) is 19.3 Å². The topological polar surface area (TPSA) is 50.1 Å². The summed E-state index contributed by atoms with van der Waals surface area (Å²) in [6.07, 6.45) is 6.61. The summed E-state index contributed by atoms with van der Waals surface area (Å²) in [6.45, 7) is 2.01. The molecule has 1 fully saturated rings. The second-order valence-electron chi connectivity index (χ2n) is 5.17. The zero-order valence-corrected chi connectivity index (χ0v) is 11.7. The van der Waals surface area contributed by atoms with E-state index in [4.69, 9.17) is 11.6 Å². The number of aliphatic hydroxyl groups is 1. The van der Waals surface area contributed by atoms with Crippen LogP contribution in [0, 0.1) is 11.8 Å². The number of rotatable bonds is 5. The lowest BCUT2D eigenvalue weighted by atomic mass is 9.79. The van der Waals surface area contributed by atoms with Gasteiger partial charge in [-0.2, -0.15) is 0 Å². The van der Waals surface area contributed by atoms with E-state index in [2.05, 4.69) is 10.3 Å². The van der Waals surface area contributed by atoms with E-state index in [1.54, 1.807) is 6.20 Å². The Morgan fingerprint density at radius 1 is 1.44 bits per heavy atom. The van der Waals surface area contributed by atoms with Gasteiger partial charge in [-0.05, 0) is 31.2 Å². The first-order valence-corrected chi connectivity index (χ1v) is 7.08. The molecule has 5 heteroatoms. The Morgan fingerprint density at radius 3 is 2.78 bits per heavy atom. The van der Waals surface area contributed by atoms with Crippen LogP contribution in [0.3, 0.4) is 0 Å². The Balaban J connectivity index is 1.79. The van der Waals surface area contributed by atoms with Gasteiger partial charge < -0.3 is 15.0 Å². The fourth-order valence-electron chi connectivity index (χ4n) is 2.75. The van der Waals surface area contributed by atoms with Crippen molar-refractivity contribution in [3.8, 4) is 0 Å². The lowest BCUT2D eigenvalue weighted by Crippen LogP contribution is -2.32. The van der Waals surface area contributed by atoms with Crippen molar-refractivity contribution in [1.29, 1.82) is 0 Å². The number of halogens is 1. The number of aromatic nitrogens is 2. The fraction of sp³-hybridized carbons (Fsp3) is 0.769. The third kappa shape index (κ3) is 3.25. The maximum Gasteiger partial charge on any atom is 0.128 e. The SMILES string of the molecule is Cn1c(Cl)cnc1CNCC1CCCCC1CO. The van der Waals surface area contributed by atoms with Crippen LogP contribution in [0.25, 0.3) is 0 Å². The first kappa shape index (κ1) is 13.8. The predicted molar refractivity (Wildman–Crippen MR) is 72.5 cm³/mol. The average Bonchev–Trinajstić information content (AvgIpc) is 2.71. The maximum atomic E-state index is 9.36. The van der Waals surface area contributed by atoms with Crippen molar-refractivity contribution >= 4 is 11.6 Å². The molecule has 2 atom stereocenters. The molecule has 102 valence electrons. The molecule has 0 saturated heterocycles. The molecule has 2 rings (SSSR count). The van der Waals surface area contributed by atoms with Gasteiger partial charge in [0.05, 0.1) is 12.7 Å². The van der Waals surface area contributed by atoms with Crippen molar-refractivity contribution in [2.45, 2.75) is 32.2 Å². The number of hydrogen-bond donors (Lipinski definition) is 2. The quantitative estimate of drug-likeness (QED) is 0.861. The minimum Gasteiger partial charge on any atom is -0.396 e. The van der Waals surface area contributed by atoms with Crippen LogP contribution in [0.1, 0.15) is 31.5 Å². The Kier molecular flexibility index (Phi) is 5.03. The molecule has 0 bridgehead atoms. The zero-order chi connectivity index (χ0) is 13.0. The molecule has 0 spiro atoms. The molecule has 0 aliphatic heterocycles. The minimum absolute atomic E-state index is 0.320. The molecule has 1 aromatic rings. The Hall–Kier alpha value is -0.580. The summed E-state index contributed by atoms with van der Waals surface area (Å²) in [5.74, 6) is 2.02. The van der Waals surface area contributed by atoms with E-state index in [0.29, 0.717) is 23.6 Å². The zero-order valence-electron chi connectivity index (χ0n) is 10.9. The number of hydrogen-bond acceptors (Lipinski definition) is 3. The predicted octanol–water partition coefficient (Wildman–Crippen LogP) is 1.96. The molecular formula is C13H22ClN3O. The van der Waals surface area contributed by atoms with Gasteiger partial charge in [-0.25, -0.2) is 4.98 Å². The summed E-state index contributed by atoms with van der Waals surface area (Å²) in [4.78, 5) is 4.26. The highest BCUT2D eigenvalue weighted by molar-refractivity contribution is 6.29. The second kappa shape index (κ2) is 6.55. The standard InChI is InChI=1S/C13H22ClN3O/c1-17-12(14)7-16-13(17)8-15-6-10-4-2-3-5-11(10)9-18/h7,10-11,15,18H,2-6,8-9H2,1H3. The highest BCUT2D eigenvalue weighted by atomic mass is 35.5. The number of nitrogens with zero attached hydrogens (tertiary/aromatic N) is 2. The molecule has 1 saturated carbocycles. The lowest BCUT2D eigenvalue weighted by Gasteiger charge is -2.30. The Labute approximate surface area is 113 Å². The van der Waals surface area contributed by atoms with Crippen molar-refractivity contribution in [3.63, 3.8) is 0 Å². The van der Waals surface area contributed by atoms with Crippen LogP contribution in [0.15, 0.2) is 6.20 Å². The van der Waals surface area contributed by atoms with Crippen LogP contribution in [-0.4, -0.2) is 27.8 Å². The molecule has 2 N–H and O–H groups in total. The van der Waals surface area contributed by atoms with Gasteiger partial charge >= 0.3 is 0 Å². The minimum atomic E-state index is 0.320. The van der Waals surface area contributed by atoms with Crippen molar-refractivity contribution in [2.24, 2.45) is 18.9 Å². The van der Waals surface area contributed by atoms with Gasteiger partial charge in [0.2, 0.25) is 0 Å². The molecule has 1 heterocycles. The molecule has 1 aliphatic carbocycles. The molecule has 4 nitrogen and oxygen atoms in total. The highest BCUT2D eigenvalue weighted by Gasteiger charge is 2.23. The van der Waals surface area contributed by atoms with Gasteiger partial charge in [-0.3, -0.25) is 0 Å². The number of aliphatic hydroxyl groups excluding tert-OH is 1. The molecule has 1 aromatic heterocycles. The van der Waals surface area contributed by atoms with Crippen LogP contribution in [0.2, 0.25) is 5.15 Å². The first-order chi connectivity index (χ1) is 8.72. The molecule has 0 radical (unpaired) electrons. The van der Waals surface area contributed by atoms with E-state index in [0.717, 1.165) is 25.3 Å². The van der Waals surface area contributed by atoms with Crippen molar-refractivity contribution < 1.29 is 5.11 Å². The highest BCUT2D eigenvalue weighted by Crippen LogP contribution is 2.29. The largest absolute Gasteiger partial charge is 0.396 e. The van der Waals surface area contributed by atoms with Gasteiger partial charge in [0.15, 0.2) is 0 Å². The van der Waals surface area contributed by atoms with Crippen molar-refractivity contribution in [3.05, 3.63) is 17.2 Å². The summed E-state index contributed by atoms with van der Waals surface area (Å²) in [5.41, 5.74) is 0. The van der Waals surface area contributed by atoms with E-state index < -0.39 is 0 Å². The van der Waals surface area contributed by atoms with Crippen LogP contribution < -0.4 is 5.32 Å². The molecule has 1 aliphatic rings. The fourth-order valence-corrected chi connectivity index (χ4v) is 2.90. The lowest BCUT2D eigenvalue weighted by molar-refractivity contribution is 0.133. The molecule has 2 unspecified atom stereocenters. The smallest absolute Gasteiger partial charge is 0.128 e. The van der Waals surface area contributed by atoms with Gasteiger partial charge in [0.25, 0.3) is 0 Å². The Bertz CT molecular complexity index is 380. The third-order valence-corrected chi connectivity index (χ3v) is 4.37. The summed E-state index contributed by atoms with van der Waals surface area (Å²) in [6, 6.07) is 0. The molecular weight excluding hydrogens is 250 g/mol. The molecule has 0 amide bonds. The van der Waals surface area contributed by atoms with Crippen molar-refractivity contribution in [1.82, 2.24) is 14.9 Å². The molecule has 0 aromatic carbocycles. The average molecular weight is 272 g/mol. The maximum absolute atomic E-state index is 9.36. The van der Waals surface area contributed by atoms with Gasteiger partial charge in [0.1, 0.15) is 11.0 Å². The van der Waals surface area contributed by atoms with E-state index >= 15 is 0 Å². The first-order valence-electron chi connectivity index (χ1n) is 6.70. The van der Waals surface area contributed by atoms with E-state index in [-0.39, 0.29) is 0 Å².